The maximum atomic E-state index is 10.6. The van der Waals surface area contributed by atoms with Crippen molar-refractivity contribution in [1.29, 1.82) is 0 Å². The van der Waals surface area contributed by atoms with E-state index in [1.165, 1.54) is 12.3 Å². The molecule has 0 aliphatic rings. The van der Waals surface area contributed by atoms with Crippen molar-refractivity contribution in [2.24, 2.45) is 0 Å². The fourth-order valence-electron chi connectivity index (χ4n) is 1.62. The molecule has 2 aromatic heterocycles. The van der Waals surface area contributed by atoms with Crippen LogP contribution < -0.4 is 5.32 Å². The van der Waals surface area contributed by atoms with Crippen molar-refractivity contribution < 1.29 is 9.34 Å². The van der Waals surface area contributed by atoms with Gasteiger partial charge in [0.1, 0.15) is 17.8 Å². The van der Waals surface area contributed by atoms with Gasteiger partial charge in [-0.15, -0.1) is 0 Å². The number of rotatable bonds is 4. The van der Waals surface area contributed by atoms with Gasteiger partial charge in [-0.3, -0.25) is 10.1 Å². The van der Waals surface area contributed by atoms with Crippen molar-refractivity contribution in [3.05, 3.63) is 45.3 Å². The minimum Gasteiger partial charge on any atom is -0.444 e. The molecule has 2 aromatic rings. The normalized spacial score (nSPS) is 10.5. The predicted molar refractivity (Wildman–Crippen MR) is 68.9 cm³/mol. The third kappa shape index (κ3) is 2.87. The molecule has 0 bridgehead atoms. The number of oxazole rings is 1. The highest BCUT2D eigenvalue weighted by Crippen LogP contribution is 2.18. The monoisotopic (exact) mass is 262 g/mol. The summed E-state index contributed by atoms with van der Waals surface area (Å²) in [7, 11) is 0. The van der Waals surface area contributed by atoms with Crippen molar-refractivity contribution in [3.8, 4) is 0 Å². The predicted octanol–water partition coefficient (Wildman–Crippen LogP) is 2.52. The number of aryl methyl sites for hydroxylation is 3. The fourth-order valence-corrected chi connectivity index (χ4v) is 1.62. The number of nitrogens with one attached hydrogen (secondary N) is 1. The van der Waals surface area contributed by atoms with Gasteiger partial charge in [-0.1, -0.05) is 0 Å². The van der Waals surface area contributed by atoms with Gasteiger partial charge in [0.15, 0.2) is 0 Å². The summed E-state index contributed by atoms with van der Waals surface area (Å²) in [5, 5.41) is 13.7. The summed E-state index contributed by atoms with van der Waals surface area (Å²) >= 11 is 0. The lowest BCUT2D eigenvalue weighted by Crippen LogP contribution is -2.04. The van der Waals surface area contributed by atoms with Crippen LogP contribution in [0.3, 0.4) is 0 Å². The Morgan fingerprint density at radius 1 is 1.42 bits per heavy atom. The Balaban J connectivity index is 2.09. The summed E-state index contributed by atoms with van der Waals surface area (Å²) in [4.78, 5) is 18.4. The van der Waals surface area contributed by atoms with Gasteiger partial charge in [-0.2, -0.15) is 0 Å². The zero-order valence-electron chi connectivity index (χ0n) is 10.9. The van der Waals surface area contributed by atoms with Crippen LogP contribution in [0, 0.1) is 30.9 Å². The molecule has 0 aliphatic carbocycles. The van der Waals surface area contributed by atoms with Crippen LogP contribution in [0.1, 0.15) is 22.9 Å². The molecule has 7 nitrogen and oxygen atoms in total. The SMILES string of the molecule is Cc1cc([N+](=O)[O-])cnc1NCc1nc(C)c(C)o1. The Morgan fingerprint density at radius 2 is 2.16 bits per heavy atom. The molecule has 0 radical (unpaired) electrons. The molecule has 0 saturated heterocycles. The van der Waals surface area contributed by atoms with E-state index in [1.54, 1.807) is 6.92 Å². The molecular formula is C12H14N4O3. The van der Waals surface area contributed by atoms with Gasteiger partial charge in [0, 0.05) is 6.07 Å². The standard InChI is InChI=1S/C12H14N4O3/c1-7-4-10(16(17)18)5-13-12(7)14-6-11-15-8(2)9(3)19-11/h4-5H,6H2,1-3H3,(H,13,14). The van der Waals surface area contributed by atoms with Gasteiger partial charge in [-0.25, -0.2) is 9.97 Å². The first-order valence-electron chi connectivity index (χ1n) is 5.75. The van der Waals surface area contributed by atoms with Crippen LogP contribution in [0.2, 0.25) is 0 Å². The van der Waals surface area contributed by atoms with E-state index >= 15 is 0 Å². The van der Waals surface area contributed by atoms with E-state index in [9.17, 15) is 10.1 Å². The molecule has 19 heavy (non-hydrogen) atoms. The molecule has 0 spiro atoms. The van der Waals surface area contributed by atoms with Crippen LogP contribution in [-0.2, 0) is 6.54 Å². The topological polar surface area (TPSA) is 94.1 Å². The first-order chi connectivity index (χ1) is 8.97. The molecule has 0 amide bonds. The van der Waals surface area contributed by atoms with E-state index in [0.29, 0.717) is 23.8 Å². The number of anilines is 1. The number of nitrogens with zero attached hydrogens (tertiary/aromatic N) is 3. The van der Waals surface area contributed by atoms with Gasteiger partial charge < -0.3 is 9.73 Å². The second-order valence-electron chi connectivity index (χ2n) is 4.22. The van der Waals surface area contributed by atoms with Crippen molar-refractivity contribution in [2.45, 2.75) is 27.3 Å². The van der Waals surface area contributed by atoms with Crippen molar-refractivity contribution >= 4 is 11.5 Å². The molecule has 0 fully saturated rings. The highest BCUT2D eigenvalue weighted by Gasteiger charge is 2.10. The molecular weight excluding hydrogens is 248 g/mol. The highest BCUT2D eigenvalue weighted by atomic mass is 16.6. The van der Waals surface area contributed by atoms with Crippen LogP contribution >= 0.6 is 0 Å². The quantitative estimate of drug-likeness (QED) is 0.672. The molecule has 0 unspecified atom stereocenters. The van der Waals surface area contributed by atoms with Crippen molar-refractivity contribution in [2.75, 3.05) is 5.32 Å². The van der Waals surface area contributed by atoms with Gasteiger partial charge in [0.25, 0.3) is 5.69 Å². The summed E-state index contributed by atoms with van der Waals surface area (Å²) < 4.78 is 5.43. The number of hydrogen-bond acceptors (Lipinski definition) is 6. The Labute approximate surface area is 109 Å². The van der Waals surface area contributed by atoms with E-state index in [1.807, 2.05) is 13.8 Å². The minimum absolute atomic E-state index is 0.0223. The van der Waals surface area contributed by atoms with Crippen LogP contribution in [0.15, 0.2) is 16.7 Å². The summed E-state index contributed by atoms with van der Waals surface area (Å²) in [6, 6.07) is 1.47. The lowest BCUT2D eigenvalue weighted by atomic mass is 10.2. The molecule has 0 aliphatic heterocycles. The summed E-state index contributed by atoms with van der Waals surface area (Å²) in [6.45, 7) is 5.87. The number of aromatic nitrogens is 2. The van der Waals surface area contributed by atoms with Gasteiger partial charge >= 0.3 is 0 Å². The molecule has 2 rings (SSSR count). The van der Waals surface area contributed by atoms with Crippen LogP contribution in [-0.4, -0.2) is 14.9 Å². The average molecular weight is 262 g/mol. The van der Waals surface area contributed by atoms with Crippen molar-refractivity contribution in [3.63, 3.8) is 0 Å². The van der Waals surface area contributed by atoms with E-state index in [-0.39, 0.29) is 5.69 Å². The molecule has 2 heterocycles. The minimum atomic E-state index is -0.468. The Hall–Kier alpha value is -2.44. The number of pyridine rings is 1. The molecule has 100 valence electrons. The maximum absolute atomic E-state index is 10.6. The second kappa shape index (κ2) is 5.05. The lowest BCUT2D eigenvalue weighted by molar-refractivity contribution is -0.385. The molecule has 1 N–H and O–H groups in total. The zero-order chi connectivity index (χ0) is 14.0. The van der Waals surface area contributed by atoms with Crippen LogP contribution in [0.5, 0.6) is 0 Å². The Kier molecular flexibility index (Phi) is 3.46. The van der Waals surface area contributed by atoms with Crippen molar-refractivity contribution in [1.82, 2.24) is 9.97 Å². The lowest BCUT2D eigenvalue weighted by Gasteiger charge is -2.05. The summed E-state index contributed by atoms with van der Waals surface area (Å²) in [5.74, 6) is 1.93. The third-order valence-electron chi connectivity index (χ3n) is 2.75. The van der Waals surface area contributed by atoms with Gasteiger partial charge in [0.05, 0.1) is 17.2 Å². The molecule has 0 aromatic carbocycles. The van der Waals surface area contributed by atoms with Crippen LogP contribution in [0.25, 0.3) is 0 Å². The first kappa shape index (κ1) is 13.0. The van der Waals surface area contributed by atoms with E-state index < -0.39 is 4.92 Å². The molecule has 0 saturated carbocycles. The largest absolute Gasteiger partial charge is 0.444 e. The Morgan fingerprint density at radius 3 is 2.68 bits per heavy atom. The van der Waals surface area contributed by atoms with Gasteiger partial charge in [-0.05, 0) is 26.3 Å². The van der Waals surface area contributed by atoms with Crippen LogP contribution in [0.4, 0.5) is 11.5 Å². The smallest absolute Gasteiger partial charge is 0.287 e. The Bertz CT molecular complexity index is 602. The van der Waals surface area contributed by atoms with E-state index in [4.69, 9.17) is 4.42 Å². The zero-order valence-corrected chi connectivity index (χ0v) is 10.9. The first-order valence-corrected chi connectivity index (χ1v) is 5.75. The summed E-state index contributed by atoms with van der Waals surface area (Å²) in [6.07, 6.45) is 1.22. The van der Waals surface area contributed by atoms with Gasteiger partial charge in [0.2, 0.25) is 5.89 Å². The highest BCUT2D eigenvalue weighted by molar-refractivity contribution is 5.48. The number of nitro groups is 1. The summed E-state index contributed by atoms with van der Waals surface area (Å²) in [5.41, 5.74) is 1.53. The van der Waals surface area contributed by atoms with E-state index in [2.05, 4.69) is 15.3 Å². The third-order valence-corrected chi connectivity index (χ3v) is 2.75. The molecule has 0 atom stereocenters. The number of hydrogen-bond donors (Lipinski definition) is 1. The molecule has 7 heteroatoms. The second-order valence-corrected chi connectivity index (χ2v) is 4.22. The average Bonchev–Trinajstić information content (AvgIpc) is 2.67. The van der Waals surface area contributed by atoms with E-state index in [0.717, 1.165) is 11.5 Å². The fraction of sp³-hybridized carbons (Fsp3) is 0.333. The maximum Gasteiger partial charge on any atom is 0.287 e.